The molecule has 2 aromatic rings. The average Bonchev–Trinajstić information content (AvgIpc) is 2.83. The first-order chi connectivity index (χ1) is 16.1. The van der Waals surface area contributed by atoms with Crippen molar-refractivity contribution >= 4 is 17.9 Å². The highest BCUT2D eigenvalue weighted by Crippen LogP contribution is 2.34. The van der Waals surface area contributed by atoms with E-state index in [1.165, 1.54) is 6.07 Å². The van der Waals surface area contributed by atoms with Crippen molar-refractivity contribution in [2.75, 3.05) is 6.54 Å². The molecule has 0 radical (unpaired) electrons. The van der Waals surface area contributed by atoms with Crippen LogP contribution in [0.2, 0.25) is 0 Å². The topological polar surface area (TPSA) is 58.6 Å². The Balaban J connectivity index is 1.53. The highest BCUT2D eigenvalue weighted by Gasteiger charge is 2.41. The van der Waals surface area contributed by atoms with Crippen molar-refractivity contribution < 1.29 is 18.7 Å². The number of fused-ring (bicyclic) bond motifs is 1. The molecule has 2 aliphatic rings. The summed E-state index contributed by atoms with van der Waals surface area (Å²) in [5.74, 6) is -0.353. The normalized spacial score (nSPS) is 21.5. The summed E-state index contributed by atoms with van der Waals surface area (Å²) in [6.07, 6.45) is 7.43. The maximum Gasteiger partial charge on any atom is 0.289 e. The maximum atomic E-state index is 14.3. The van der Waals surface area contributed by atoms with Crippen LogP contribution in [0.25, 0.3) is 6.08 Å². The van der Waals surface area contributed by atoms with Gasteiger partial charge in [0.25, 0.3) is 11.8 Å². The number of amides is 2. The molecule has 1 saturated heterocycles. The minimum Gasteiger partial charge on any atom is -0.482 e. The van der Waals surface area contributed by atoms with Gasteiger partial charge in [0.05, 0.1) is 6.04 Å². The molecule has 4 rings (SSSR count). The lowest BCUT2D eigenvalue weighted by Gasteiger charge is -2.44. The van der Waals surface area contributed by atoms with Gasteiger partial charge in [-0.25, -0.2) is 4.39 Å². The number of rotatable bonds is 7. The third-order valence-corrected chi connectivity index (χ3v) is 6.40. The molecule has 2 atom stereocenters. The van der Waals surface area contributed by atoms with Crippen LogP contribution in [-0.4, -0.2) is 35.4 Å². The number of nitrogens with zero attached hydrogens (tertiary/aromatic N) is 1. The van der Waals surface area contributed by atoms with E-state index in [-0.39, 0.29) is 42.1 Å². The maximum absolute atomic E-state index is 14.3. The lowest BCUT2D eigenvalue weighted by molar-refractivity contribution is -0.149. The summed E-state index contributed by atoms with van der Waals surface area (Å²) in [5.41, 5.74) is 1.87. The van der Waals surface area contributed by atoms with Crippen molar-refractivity contribution in [1.29, 1.82) is 0 Å². The Hall–Kier alpha value is -3.15. The minimum absolute atomic E-state index is 0.0443. The molecular weight excluding hydrogens is 419 g/mol. The number of hydrogen-bond donors (Lipinski definition) is 1. The van der Waals surface area contributed by atoms with Gasteiger partial charge in [-0.3, -0.25) is 9.59 Å². The molecule has 33 heavy (non-hydrogen) atoms. The predicted molar refractivity (Wildman–Crippen MR) is 126 cm³/mol. The number of halogens is 1. The van der Waals surface area contributed by atoms with Crippen LogP contribution in [0, 0.1) is 5.82 Å². The van der Waals surface area contributed by atoms with E-state index in [0.717, 1.165) is 44.1 Å². The Bertz CT molecular complexity index is 1020. The zero-order chi connectivity index (χ0) is 23.2. The molecule has 1 saturated carbocycles. The van der Waals surface area contributed by atoms with Gasteiger partial charge in [-0.15, -0.1) is 0 Å². The molecule has 2 amide bonds. The SMILES string of the molecule is CCCCNC(=O)c1ccc(/C=C2\OC3CCCCC3N(Cc3ccccc3F)C2=O)cc1. The molecule has 0 spiro atoms. The molecule has 1 heterocycles. The first-order valence-corrected chi connectivity index (χ1v) is 11.9. The number of nitrogens with one attached hydrogen (secondary N) is 1. The van der Waals surface area contributed by atoms with Crippen LogP contribution in [0.3, 0.4) is 0 Å². The third kappa shape index (κ3) is 5.44. The van der Waals surface area contributed by atoms with Crippen molar-refractivity contribution in [2.45, 2.75) is 64.1 Å². The van der Waals surface area contributed by atoms with E-state index in [1.807, 2.05) is 12.1 Å². The minimum atomic E-state index is -0.303. The molecule has 2 fully saturated rings. The monoisotopic (exact) mass is 450 g/mol. The summed E-state index contributed by atoms with van der Waals surface area (Å²) in [6.45, 7) is 2.96. The van der Waals surface area contributed by atoms with Crippen molar-refractivity contribution in [3.8, 4) is 0 Å². The van der Waals surface area contributed by atoms with E-state index in [4.69, 9.17) is 4.74 Å². The van der Waals surface area contributed by atoms with E-state index < -0.39 is 0 Å². The summed E-state index contributed by atoms with van der Waals surface area (Å²) >= 11 is 0. The highest BCUT2D eigenvalue weighted by molar-refractivity contribution is 5.97. The Morgan fingerprint density at radius 2 is 1.91 bits per heavy atom. The largest absolute Gasteiger partial charge is 0.482 e. The summed E-state index contributed by atoms with van der Waals surface area (Å²) in [6, 6.07) is 13.7. The molecule has 2 unspecified atom stereocenters. The Kier molecular flexibility index (Phi) is 7.43. The molecule has 1 aliphatic heterocycles. The lowest BCUT2D eigenvalue weighted by atomic mass is 9.89. The van der Waals surface area contributed by atoms with Crippen molar-refractivity contribution in [1.82, 2.24) is 10.2 Å². The van der Waals surface area contributed by atoms with Gasteiger partial charge in [0.2, 0.25) is 0 Å². The highest BCUT2D eigenvalue weighted by atomic mass is 19.1. The second-order valence-corrected chi connectivity index (χ2v) is 8.77. The van der Waals surface area contributed by atoms with E-state index in [9.17, 15) is 14.0 Å². The standard InChI is InChI=1S/C27H31FN2O3/c1-2-3-16-29-26(31)20-14-12-19(13-15-20)17-25-27(32)30(18-21-8-4-5-9-22(21)28)23-10-6-7-11-24(23)33-25/h4-5,8-9,12-15,17,23-24H,2-3,6-7,10-11,16,18H2,1H3,(H,29,31)/b25-17-. The van der Waals surface area contributed by atoms with Crippen molar-refractivity contribution in [2.24, 2.45) is 0 Å². The Morgan fingerprint density at radius 1 is 1.15 bits per heavy atom. The fourth-order valence-corrected chi connectivity index (χ4v) is 4.53. The number of unbranched alkanes of at least 4 members (excludes halogenated alkanes) is 1. The molecule has 2 aromatic carbocycles. The molecule has 5 nitrogen and oxygen atoms in total. The van der Waals surface area contributed by atoms with Crippen LogP contribution in [0.1, 0.15) is 66.9 Å². The van der Waals surface area contributed by atoms with Crippen LogP contribution < -0.4 is 5.32 Å². The number of carbonyl (C=O) groups is 2. The van der Waals surface area contributed by atoms with Gasteiger partial charge in [-0.05, 0) is 55.5 Å². The summed E-state index contributed by atoms with van der Waals surface area (Å²) in [5, 5.41) is 2.90. The molecular formula is C27H31FN2O3. The van der Waals surface area contributed by atoms with Gasteiger partial charge in [0, 0.05) is 24.2 Å². The lowest BCUT2D eigenvalue weighted by Crippen LogP contribution is -2.54. The second-order valence-electron chi connectivity index (χ2n) is 8.77. The van der Waals surface area contributed by atoms with Gasteiger partial charge in [0.1, 0.15) is 11.9 Å². The second kappa shape index (κ2) is 10.6. The van der Waals surface area contributed by atoms with E-state index in [2.05, 4.69) is 12.2 Å². The molecule has 1 N–H and O–H groups in total. The van der Waals surface area contributed by atoms with Crippen LogP contribution in [-0.2, 0) is 16.1 Å². The number of carbonyl (C=O) groups excluding carboxylic acids is 2. The molecule has 6 heteroatoms. The van der Waals surface area contributed by atoms with E-state index >= 15 is 0 Å². The predicted octanol–water partition coefficient (Wildman–Crippen LogP) is 5.07. The zero-order valence-electron chi connectivity index (χ0n) is 19.1. The fourth-order valence-electron chi connectivity index (χ4n) is 4.53. The number of benzene rings is 2. The Labute approximate surface area is 194 Å². The molecule has 0 bridgehead atoms. The summed E-state index contributed by atoms with van der Waals surface area (Å²) in [4.78, 5) is 27.4. The molecule has 0 aromatic heterocycles. The average molecular weight is 451 g/mol. The number of ether oxygens (including phenoxy) is 1. The summed E-state index contributed by atoms with van der Waals surface area (Å²) < 4.78 is 20.5. The van der Waals surface area contributed by atoms with Crippen molar-refractivity contribution in [3.05, 3.63) is 76.8 Å². The first-order valence-electron chi connectivity index (χ1n) is 11.9. The van der Waals surface area contributed by atoms with Crippen LogP contribution in [0.15, 0.2) is 54.3 Å². The van der Waals surface area contributed by atoms with Gasteiger partial charge in [-0.2, -0.15) is 0 Å². The van der Waals surface area contributed by atoms with Gasteiger partial charge in [0.15, 0.2) is 5.76 Å². The molecule has 1 aliphatic carbocycles. The van der Waals surface area contributed by atoms with Crippen molar-refractivity contribution in [3.63, 3.8) is 0 Å². The van der Waals surface area contributed by atoms with Crippen LogP contribution in [0.4, 0.5) is 4.39 Å². The number of morpholine rings is 1. The molecule has 174 valence electrons. The first kappa shape index (κ1) is 23.0. The third-order valence-electron chi connectivity index (χ3n) is 6.40. The van der Waals surface area contributed by atoms with E-state index in [0.29, 0.717) is 17.7 Å². The quantitative estimate of drug-likeness (QED) is 0.474. The zero-order valence-corrected chi connectivity index (χ0v) is 19.1. The van der Waals surface area contributed by atoms with Gasteiger partial charge < -0.3 is 15.0 Å². The fraction of sp³-hybridized carbons (Fsp3) is 0.407. The van der Waals surface area contributed by atoms with E-state index in [1.54, 1.807) is 41.3 Å². The van der Waals surface area contributed by atoms with Gasteiger partial charge >= 0.3 is 0 Å². The van der Waals surface area contributed by atoms with Crippen LogP contribution >= 0.6 is 0 Å². The summed E-state index contributed by atoms with van der Waals surface area (Å²) in [7, 11) is 0. The smallest absolute Gasteiger partial charge is 0.289 e. The Morgan fingerprint density at radius 3 is 2.67 bits per heavy atom. The number of hydrogen-bond acceptors (Lipinski definition) is 3. The van der Waals surface area contributed by atoms with Crippen LogP contribution in [0.5, 0.6) is 0 Å². The van der Waals surface area contributed by atoms with Gasteiger partial charge in [-0.1, -0.05) is 50.1 Å².